The molecule has 0 bridgehead atoms. The molecule has 0 spiro atoms. The third kappa shape index (κ3) is 3.71. The lowest BCUT2D eigenvalue weighted by molar-refractivity contribution is -0.145. The number of allylic oxidation sites excluding steroid dienone is 1. The predicted molar refractivity (Wildman–Crippen MR) is 89.6 cm³/mol. The molecule has 1 rings (SSSR count). The molecule has 0 aliphatic heterocycles. The number of esters is 1. The SMILES string of the molecule is COC(=O)C1CCCC=C1O[Si](C(C)C)(C(C)C)C(C)C. The normalized spacial score (nSPS) is 19.9. The van der Waals surface area contributed by atoms with Crippen molar-refractivity contribution in [1.82, 2.24) is 0 Å². The minimum Gasteiger partial charge on any atom is -0.545 e. The lowest BCUT2D eigenvalue weighted by Crippen LogP contribution is -2.48. The van der Waals surface area contributed by atoms with Crippen molar-refractivity contribution in [1.29, 1.82) is 0 Å². The maximum Gasteiger partial charge on any atom is 0.316 e. The summed E-state index contributed by atoms with van der Waals surface area (Å²) < 4.78 is 11.7. The third-order valence-corrected chi connectivity index (χ3v) is 10.9. The molecule has 4 heteroatoms. The monoisotopic (exact) mass is 312 g/mol. The molecule has 0 aromatic rings. The van der Waals surface area contributed by atoms with E-state index >= 15 is 0 Å². The number of methoxy groups -OCH3 is 1. The smallest absolute Gasteiger partial charge is 0.316 e. The van der Waals surface area contributed by atoms with Crippen LogP contribution in [0.3, 0.4) is 0 Å². The summed E-state index contributed by atoms with van der Waals surface area (Å²) in [5.41, 5.74) is 1.54. The molecule has 1 aliphatic rings. The first kappa shape index (κ1) is 18.3. The second-order valence-electron chi connectivity index (χ2n) is 7.03. The Labute approximate surface area is 131 Å². The fourth-order valence-corrected chi connectivity index (χ4v) is 9.24. The van der Waals surface area contributed by atoms with Crippen molar-refractivity contribution in [2.24, 2.45) is 5.92 Å². The maximum absolute atomic E-state index is 12.0. The van der Waals surface area contributed by atoms with E-state index in [0.29, 0.717) is 16.6 Å². The van der Waals surface area contributed by atoms with E-state index < -0.39 is 8.32 Å². The van der Waals surface area contributed by atoms with Crippen molar-refractivity contribution in [2.75, 3.05) is 7.11 Å². The number of hydrogen-bond acceptors (Lipinski definition) is 3. The summed E-state index contributed by atoms with van der Waals surface area (Å²) in [4.78, 5) is 12.0. The molecule has 0 fully saturated rings. The number of ether oxygens (including phenoxy) is 1. The van der Waals surface area contributed by atoms with Gasteiger partial charge in [0.05, 0.1) is 12.9 Å². The molecule has 0 aromatic carbocycles. The van der Waals surface area contributed by atoms with Crippen LogP contribution < -0.4 is 0 Å². The van der Waals surface area contributed by atoms with Gasteiger partial charge < -0.3 is 9.16 Å². The quantitative estimate of drug-likeness (QED) is 0.509. The number of carbonyl (C=O) groups is 1. The number of rotatable bonds is 6. The highest BCUT2D eigenvalue weighted by molar-refractivity contribution is 6.77. The van der Waals surface area contributed by atoms with E-state index in [1.807, 2.05) is 0 Å². The van der Waals surface area contributed by atoms with Crippen LogP contribution in [0.4, 0.5) is 0 Å². The zero-order valence-electron chi connectivity index (χ0n) is 14.7. The van der Waals surface area contributed by atoms with Crippen LogP contribution in [0.15, 0.2) is 11.8 Å². The molecule has 122 valence electrons. The molecule has 1 aliphatic carbocycles. The van der Waals surface area contributed by atoms with Gasteiger partial charge in [-0.3, -0.25) is 4.79 Å². The molecule has 21 heavy (non-hydrogen) atoms. The van der Waals surface area contributed by atoms with Gasteiger partial charge in [-0.2, -0.15) is 0 Å². The lowest BCUT2D eigenvalue weighted by Gasteiger charge is -2.44. The van der Waals surface area contributed by atoms with Gasteiger partial charge in [0.1, 0.15) is 5.92 Å². The van der Waals surface area contributed by atoms with E-state index in [1.54, 1.807) is 0 Å². The van der Waals surface area contributed by atoms with Crippen molar-refractivity contribution in [3.8, 4) is 0 Å². The Balaban J connectivity index is 3.12. The average Bonchev–Trinajstić information content (AvgIpc) is 2.43. The van der Waals surface area contributed by atoms with E-state index in [-0.39, 0.29) is 11.9 Å². The first-order valence-electron chi connectivity index (χ1n) is 8.24. The van der Waals surface area contributed by atoms with Crippen LogP contribution in [0.1, 0.15) is 60.8 Å². The Morgan fingerprint density at radius 1 is 1.14 bits per heavy atom. The molecule has 0 radical (unpaired) electrons. The molecule has 0 amide bonds. The van der Waals surface area contributed by atoms with Gasteiger partial charge in [0.25, 0.3) is 8.32 Å². The topological polar surface area (TPSA) is 35.5 Å². The average molecular weight is 313 g/mol. The van der Waals surface area contributed by atoms with E-state index in [1.165, 1.54) is 7.11 Å². The van der Waals surface area contributed by atoms with Crippen LogP contribution in [-0.2, 0) is 14.0 Å². The summed E-state index contributed by atoms with van der Waals surface area (Å²) in [6.45, 7) is 13.6. The Morgan fingerprint density at radius 2 is 1.67 bits per heavy atom. The van der Waals surface area contributed by atoms with Crippen LogP contribution in [0, 0.1) is 5.92 Å². The van der Waals surface area contributed by atoms with Crippen molar-refractivity contribution in [3.63, 3.8) is 0 Å². The Bertz CT molecular complexity index is 364. The van der Waals surface area contributed by atoms with Gasteiger partial charge in [-0.15, -0.1) is 0 Å². The van der Waals surface area contributed by atoms with Crippen molar-refractivity contribution >= 4 is 14.3 Å². The van der Waals surface area contributed by atoms with E-state index in [0.717, 1.165) is 25.0 Å². The fraction of sp³-hybridized carbons (Fsp3) is 0.824. The molecule has 1 atom stereocenters. The first-order chi connectivity index (χ1) is 9.77. The highest BCUT2D eigenvalue weighted by Crippen LogP contribution is 2.45. The largest absolute Gasteiger partial charge is 0.545 e. The highest BCUT2D eigenvalue weighted by atomic mass is 28.4. The molecule has 0 heterocycles. The second kappa shape index (κ2) is 7.48. The summed E-state index contributed by atoms with van der Waals surface area (Å²) in [5, 5.41) is 0. The van der Waals surface area contributed by atoms with Crippen molar-refractivity contribution < 1.29 is 14.0 Å². The summed E-state index contributed by atoms with van der Waals surface area (Å²) in [5.74, 6) is 0.530. The second-order valence-corrected chi connectivity index (χ2v) is 12.4. The highest BCUT2D eigenvalue weighted by Gasteiger charge is 2.48. The molecule has 0 aromatic heterocycles. The minimum absolute atomic E-state index is 0.153. The van der Waals surface area contributed by atoms with E-state index in [2.05, 4.69) is 47.6 Å². The van der Waals surface area contributed by atoms with Crippen LogP contribution >= 0.6 is 0 Å². The van der Waals surface area contributed by atoms with Gasteiger partial charge in [-0.05, 0) is 42.0 Å². The molecule has 0 N–H and O–H groups in total. The van der Waals surface area contributed by atoms with Crippen molar-refractivity contribution in [3.05, 3.63) is 11.8 Å². The molecule has 0 saturated carbocycles. The Hall–Kier alpha value is -0.773. The maximum atomic E-state index is 12.0. The van der Waals surface area contributed by atoms with Gasteiger partial charge in [0.15, 0.2) is 0 Å². The minimum atomic E-state index is -1.99. The lowest BCUT2D eigenvalue weighted by atomic mass is 9.94. The van der Waals surface area contributed by atoms with Gasteiger partial charge in [-0.25, -0.2) is 0 Å². The van der Waals surface area contributed by atoms with E-state index in [4.69, 9.17) is 9.16 Å². The Morgan fingerprint density at radius 3 is 2.10 bits per heavy atom. The van der Waals surface area contributed by atoms with Gasteiger partial charge in [0.2, 0.25) is 0 Å². The third-order valence-electron chi connectivity index (χ3n) is 4.87. The summed E-state index contributed by atoms with van der Waals surface area (Å²) in [6.07, 6.45) is 5.01. The van der Waals surface area contributed by atoms with Crippen LogP contribution in [-0.4, -0.2) is 21.4 Å². The van der Waals surface area contributed by atoms with Crippen LogP contribution in [0.5, 0.6) is 0 Å². The molecule has 0 saturated heterocycles. The zero-order chi connectivity index (χ0) is 16.2. The molecular weight excluding hydrogens is 280 g/mol. The standard InChI is InChI=1S/C17H32O3Si/c1-12(2)21(13(3)4,14(5)6)20-16-11-9-8-10-15(16)17(18)19-7/h11-15H,8-10H2,1-7H3. The van der Waals surface area contributed by atoms with E-state index in [9.17, 15) is 4.79 Å². The molecule has 1 unspecified atom stereocenters. The van der Waals surface area contributed by atoms with Gasteiger partial charge in [-0.1, -0.05) is 41.5 Å². The summed E-state index contributed by atoms with van der Waals surface area (Å²) >= 11 is 0. The Kier molecular flexibility index (Phi) is 6.51. The number of carbonyl (C=O) groups excluding carboxylic acids is 1. The van der Waals surface area contributed by atoms with Crippen LogP contribution in [0.2, 0.25) is 16.6 Å². The summed E-state index contributed by atoms with van der Waals surface area (Å²) in [7, 11) is -0.527. The molecular formula is C17H32O3Si. The van der Waals surface area contributed by atoms with Crippen LogP contribution in [0.25, 0.3) is 0 Å². The predicted octanol–water partition coefficient (Wildman–Crippen LogP) is 5.04. The van der Waals surface area contributed by atoms with Gasteiger partial charge in [0, 0.05) is 0 Å². The van der Waals surface area contributed by atoms with Gasteiger partial charge >= 0.3 is 5.97 Å². The first-order valence-corrected chi connectivity index (χ1v) is 10.4. The number of hydrogen-bond donors (Lipinski definition) is 0. The molecule has 3 nitrogen and oxygen atoms in total. The summed E-state index contributed by atoms with van der Waals surface area (Å²) in [6, 6.07) is 0. The fourth-order valence-electron chi connectivity index (χ4n) is 3.90. The van der Waals surface area contributed by atoms with Crippen molar-refractivity contribution in [2.45, 2.75) is 77.4 Å². The zero-order valence-corrected chi connectivity index (χ0v) is 15.7.